The minimum atomic E-state index is -4.63. The van der Waals surface area contributed by atoms with Gasteiger partial charge in [-0.25, -0.2) is 15.0 Å². The molecule has 0 spiro atoms. The summed E-state index contributed by atoms with van der Waals surface area (Å²) in [5.74, 6) is -2.59. The molecule has 1 aliphatic heterocycles. The second kappa shape index (κ2) is 12.8. The Balaban J connectivity index is 2.01. The SMILES string of the molecule is CCN(C(C)=O)c1ncnc2c1ncn2[C@@H]1O[C@H](COC(C)=O)[C@@H](OC(C)=O)[C@H]1OC(=O)CCC(S)C(F)(F)F. The van der Waals surface area contributed by atoms with E-state index in [2.05, 4.69) is 27.6 Å². The van der Waals surface area contributed by atoms with Crippen LogP contribution in [0.25, 0.3) is 11.2 Å². The van der Waals surface area contributed by atoms with Crippen LogP contribution < -0.4 is 4.90 Å². The van der Waals surface area contributed by atoms with Crippen LogP contribution in [0.2, 0.25) is 0 Å². The van der Waals surface area contributed by atoms with Gasteiger partial charge in [0, 0.05) is 33.7 Å². The number of imidazole rings is 1. The number of alkyl halides is 3. The molecule has 13 nitrogen and oxygen atoms in total. The van der Waals surface area contributed by atoms with Crippen LogP contribution in [0.4, 0.5) is 19.0 Å². The highest BCUT2D eigenvalue weighted by atomic mass is 32.1. The first kappa shape index (κ1) is 31.1. The number of hydrogen-bond acceptors (Lipinski definition) is 12. The zero-order valence-electron chi connectivity index (χ0n) is 22.0. The van der Waals surface area contributed by atoms with E-state index in [0.29, 0.717) is 0 Å². The van der Waals surface area contributed by atoms with Crippen molar-refractivity contribution in [2.45, 2.75) is 76.5 Å². The van der Waals surface area contributed by atoms with Crippen molar-refractivity contribution in [3.8, 4) is 0 Å². The van der Waals surface area contributed by atoms with Crippen LogP contribution in [0.1, 0.15) is 46.8 Å². The maximum absolute atomic E-state index is 12.9. The van der Waals surface area contributed by atoms with Crippen LogP contribution in [0.5, 0.6) is 0 Å². The van der Waals surface area contributed by atoms with Gasteiger partial charge in [0.1, 0.15) is 19.0 Å². The zero-order chi connectivity index (χ0) is 29.8. The standard InChI is InChI=1S/C23H28F3N5O8S/c1-5-30(11(2)32)20-17-21(28-9-27-20)31(10-29-17)22-19(39-16(35)7-6-15(40)23(24,25)26)18(37-13(4)34)14(38-22)8-36-12(3)33/h9-10,14-15,18-19,22,40H,5-8H2,1-4H3/t14-,15?,18-,19-,22-/m1/s1. The molecule has 1 unspecified atom stereocenters. The van der Waals surface area contributed by atoms with E-state index in [0.717, 1.165) is 13.8 Å². The summed E-state index contributed by atoms with van der Waals surface area (Å²) in [4.78, 5) is 62.2. The molecule has 0 saturated carbocycles. The van der Waals surface area contributed by atoms with Gasteiger partial charge in [0.25, 0.3) is 0 Å². The van der Waals surface area contributed by atoms with Crippen molar-refractivity contribution in [1.29, 1.82) is 0 Å². The number of fused-ring (bicyclic) bond motifs is 1. The van der Waals surface area contributed by atoms with Gasteiger partial charge in [-0.05, 0) is 13.3 Å². The minimum absolute atomic E-state index is 0.151. The fraction of sp³-hybridized carbons (Fsp3) is 0.609. The van der Waals surface area contributed by atoms with Gasteiger partial charge in [0.05, 0.1) is 11.6 Å². The Labute approximate surface area is 231 Å². The highest BCUT2D eigenvalue weighted by Crippen LogP contribution is 2.37. The van der Waals surface area contributed by atoms with Gasteiger partial charge in [0.2, 0.25) is 5.91 Å². The Hall–Kier alpha value is -3.47. The highest BCUT2D eigenvalue weighted by molar-refractivity contribution is 7.81. The Bertz CT molecular complexity index is 1260. The first-order valence-corrected chi connectivity index (χ1v) is 12.6. The molecule has 5 atom stereocenters. The maximum Gasteiger partial charge on any atom is 0.400 e. The van der Waals surface area contributed by atoms with Crippen molar-refractivity contribution >= 4 is 53.4 Å². The van der Waals surface area contributed by atoms with Crippen molar-refractivity contribution in [1.82, 2.24) is 19.5 Å². The third-order valence-electron chi connectivity index (χ3n) is 5.87. The molecule has 3 heterocycles. The highest BCUT2D eigenvalue weighted by Gasteiger charge is 2.51. The van der Waals surface area contributed by atoms with Crippen molar-refractivity contribution < 1.29 is 51.3 Å². The quantitative estimate of drug-likeness (QED) is 0.246. The topological polar surface area (TPSA) is 152 Å². The molecule has 40 heavy (non-hydrogen) atoms. The van der Waals surface area contributed by atoms with Crippen LogP contribution in [-0.4, -0.2) is 86.2 Å². The number of rotatable bonds is 10. The molecule has 0 aliphatic carbocycles. The summed E-state index contributed by atoms with van der Waals surface area (Å²) in [6.45, 7) is 5.20. The number of amides is 1. The molecule has 0 N–H and O–H groups in total. The van der Waals surface area contributed by atoms with Gasteiger partial charge in [-0.1, -0.05) is 0 Å². The number of hydrogen-bond donors (Lipinski definition) is 1. The molecule has 220 valence electrons. The summed E-state index contributed by atoms with van der Waals surface area (Å²) in [5, 5.41) is -2.06. The van der Waals surface area contributed by atoms with E-state index in [1.807, 2.05) is 0 Å². The predicted octanol–water partition coefficient (Wildman–Crippen LogP) is 2.14. The van der Waals surface area contributed by atoms with E-state index in [1.54, 1.807) is 6.92 Å². The summed E-state index contributed by atoms with van der Waals surface area (Å²) in [6, 6.07) is 0. The lowest BCUT2D eigenvalue weighted by molar-refractivity contribution is -0.168. The largest absolute Gasteiger partial charge is 0.463 e. The summed E-state index contributed by atoms with van der Waals surface area (Å²) in [7, 11) is 0. The number of anilines is 1. The summed E-state index contributed by atoms with van der Waals surface area (Å²) >= 11 is 3.48. The van der Waals surface area contributed by atoms with E-state index < -0.39 is 73.3 Å². The van der Waals surface area contributed by atoms with Crippen LogP contribution in [0, 0.1) is 0 Å². The second-order valence-electron chi connectivity index (χ2n) is 8.78. The molecule has 1 saturated heterocycles. The van der Waals surface area contributed by atoms with Crippen LogP contribution in [0.3, 0.4) is 0 Å². The van der Waals surface area contributed by atoms with Crippen LogP contribution >= 0.6 is 12.6 Å². The average Bonchev–Trinajstić information content (AvgIpc) is 3.42. The molecule has 3 rings (SSSR count). The van der Waals surface area contributed by atoms with Crippen molar-refractivity contribution in [3.05, 3.63) is 12.7 Å². The number of halogens is 3. The Kier molecular flexibility index (Phi) is 9.94. The number of ether oxygens (including phenoxy) is 4. The number of carbonyl (C=O) groups is 4. The van der Waals surface area contributed by atoms with Crippen molar-refractivity contribution in [3.63, 3.8) is 0 Å². The molecule has 2 aromatic heterocycles. The molecule has 0 aromatic carbocycles. The Morgan fingerprint density at radius 2 is 1.80 bits per heavy atom. The van der Waals surface area contributed by atoms with Gasteiger partial charge >= 0.3 is 24.1 Å². The minimum Gasteiger partial charge on any atom is -0.463 e. The van der Waals surface area contributed by atoms with Crippen molar-refractivity contribution in [2.75, 3.05) is 18.1 Å². The summed E-state index contributed by atoms with van der Waals surface area (Å²) in [5.41, 5.74) is 0.349. The van der Waals surface area contributed by atoms with E-state index in [-0.39, 0.29) is 29.4 Å². The average molecular weight is 592 g/mol. The monoisotopic (exact) mass is 591 g/mol. The van der Waals surface area contributed by atoms with Gasteiger partial charge < -0.3 is 18.9 Å². The smallest absolute Gasteiger partial charge is 0.400 e. The number of aromatic nitrogens is 4. The fourth-order valence-electron chi connectivity index (χ4n) is 4.10. The summed E-state index contributed by atoms with van der Waals surface area (Å²) in [6.07, 6.45) is -8.63. The maximum atomic E-state index is 12.9. The third-order valence-corrected chi connectivity index (χ3v) is 6.42. The van der Waals surface area contributed by atoms with E-state index in [9.17, 15) is 32.3 Å². The molecule has 1 amide bonds. The van der Waals surface area contributed by atoms with Gasteiger partial charge in [-0.2, -0.15) is 25.8 Å². The Morgan fingerprint density at radius 3 is 2.38 bits per heavy atom. The Morgan fingerprint density at radius 1 is 1.10 bits per heavy atom. The molecular weight excluding hydrogens is 563 g/mol. The van der Waals surface area contributed by atoms with Gasteiger partial charge in [0.15, 0.2) is 35.4 Å². The number of carbonyl (C=O) groups excluding carboxylic acids is 4. The normalized spacial score (nSPS) is 21.6. The third kappa shape index (κ3) is 7.18. The van der Waals surface area contributed by atoms with Gasteiger partial charge in [-0.15, -0.1) is 0 Å². The summed E-state index contributed by atoms with van der Waals surface area (Å²) < 4.78 is 61.9. The first-order valence-electron chi connectivity index (χ1n) is 12.1. The van der Waals surface area contributed by atoms with Crippen molar-refractivity contribution in [2.24, 2.45) is 0 Å². The molecule has 2 aromatic rings. The molecule has 1 fully saturated rings. The number of thiol groups is 1. The van der Waals surface area contributed by atoms with Crippen LogP contribution in [0.15, 0.2) is 12.7 Å². The first-order chi connectivity index (χ1) is 18.7. The zero-order valence-corrected chi connectivity index (χ0v) is 22.8. The van der Waals surface area contributed by atoms with Crippen LogP contribution in [-0.2, 0) is 38.1 Å². The van der Waals surface area contributed by atoms with E-state index in [1.165, 1.54) is 29.0 Å². The number of esters is 3. The lowest BCUT2D eigenvalue weighted by Gasteiger charge is -2.25. The number of nitrogens with zero attached hydrogens (tertiary/aromatic N) is 5. The predicted molar refractivity (Wildman–Crippen MR) is 133 cm³/mol. The lowest BCUT2D eigenvalue weighted by Crippen LogP contribution is -2.41. The van der Waals surface area contributed by atoms with Gasteiger partial charge in [-0.3, -0.25) is 28.6 Å². The molecule has 0 radical (unpaired) electrons. The van der Waals surface area contributed by atoms with E-state index >= 15 is 0 Å². The second-order valence-corrected chi connectivity index (χ2v) is 9.40. The fourth-order valence-corrected chi connectivity index (χ4v) is 4.23. The molecular formula is C23H28F3N5O8S. The molecule has 1 aliphatic rings. The van der Waals surface area contributed by atoms with E-state index in [4.69, 9.17) is 18.9 Å². The molecule has 0 bridgehead atoms. The lowest BCUT2D eigenvalue weighted by atomic mass is 10.1. The molecule has 17 heteroatoms.